The predicted molar refractivity (Wildman–Crippen MR) is 44.5 cm³/mol. The second-order valence-electron chi connectivity index (χ2n) is 1.75. The third-order valence-corrected chi connectivity index (χ3v) is 1.09. The first-order valence-electron chi connectivity index (χ1n) is 2.99. The molecule has 0 aliphatic carbocycles. The maximum Gasteiger partial charge on any atom is 0.104 e. The van der Waals surface area contributed by atoms with Gasteiger partial charge in [0.05, 0.1) is 26.4 Å². The van der Waals surface area contributed by atoms with E-state index in [1.165, 1.54) is 0 Å². The van der Waals surface area contributed by atoms with Crippen LogP contribution in [0.2, 0.25) is 0 Å². The van der Waals surface area contributed by atoms with E-state index >= 15 is 0 Å². The van der Waals surface area contributed by atoms with Crippen LogP contribution < -0.4 is 5.90 Å². The summed E-state index contributed by atoms with van der Waals surface area (Å²) in [5.41, 5.74) is 0. The van der Waals surface area contributed by atoms with Gasteiger partial charge in [0.15, 0.2) is 0 Å². The minimum absolute atomic E-state index is 0. The molecule has 1 unspecified atom stereocenters. The van der Waals surface area contributed by atoms with Gasteiger partial charge in [-0.2, -0.15) is 0 Å². The first-order valence-corrected chi connectivity index (χ1v) is 2.99. The zero-order chi connectivity index (χ0) is 7.82. The molecule has 0 spiro atoms. The highest BCUT2D eigenvalue weighted by atomic mass is 35.5. The van der Waals surface area contributed by atoms with Crippen LogP contribution in [-0.2, 0) is 9.47 Å². The second kappa shape index (κ2) is 13.6. The summed E-state index contributed by atoms with van der Waals surface area (Å²) in [6, 6.07) is 0. The molecular weight excluding hydrogens is 190 g/mol. The summed E-state index contributed by atoms with van der Waals surface area (Å²) in [4.78, 5) is 0. The van der Waals surface area contributed by atoms with Crippen molar-refractivity contribution in [2.24, 2.45) is 5.90 Å². The number of aliphatic hydroxyl groups excluding tert-OH is 1. The lowest BCUT2D eigenvalue weighted by atomic mass is 10.4. The van der Waals surface area contributed by atoms with Crippen molar-refractivity contribution in [1.82, 2.24) is 0 Å². The third-order valence-electron chi connectivity index (χ3n) is 1.09. The molecular formula is C5H16ClNO5. The van der Waals surface area contributed by atoms with Crippen LogP contribution in [0.15, 0.2) is 0 Å². The summed E-state index contributed by atoms with van der Waals surface area (Å²) in [5.74, 6) is 3.50. The molecule has 1 rings (SSSR count). The summed E-state index contributed by atoms with van der Waals surface area (Å²) in [7, 11) is 0. The van der Waals surface area contributed by atoms with Gasteiger partial charge >= 0.3 is 0 Å². The summed E-state index contributed by atoms with van der Waals surface area (Å²) in [5, 5.41) is 15.0. The van der Waals surface area contributed by atoms with Crippen LogP contribution in [0.5, 0.6) is 0 Å². The van der Waals surface area contributed by atoms with Crippen molar-refractivity contribution in [3.05, 3.63) is 0 Å². The van der Waals surface area contributed by atoms with Gasteiger partial charge in [0.25, 0.3) is 0 Å². The molecule has 1 aliphatic heterocycles. The van der Waals surface area contributed by atoms with Gasteiger partial charge in [0, 0.05) is 0 Å². The Morgan fingerprint density at radius 3 is 2.17 bits per heavy atom. The van der Waals surface area contributed by atoms with E-state index in [0.717, 1.165) is 0 Å². The number of rotatable bonds is 1. The molecule has 6 nitrogen and oxygen atoms in total. The zero-order valence-corrected chi connectivity index (χ0v) is 7.42. The second-order valence-corrected chi connectivity index (χ2v) is 1.75. The molecule has 0 aromatic carbocycles. The number of aliphatic hydroxyl groups is 1. The van der Waals surface area contributed by atoms with Crippen molar-refractivity contribution in [3.8, 4) is 0 Å². The Labute approximate surface area is 76.9 Å². The van der Waals surface area contributed by atoms with Crippen LogP contribution in [0.4, 0.5) is 0 Å². The lowest BCUT2D eigenvalue weighted by Crippen LogP contribution is -2.31. The van der Waals surface area contributed by atoms with E-state index < -0.39 is 0 Å². The molecule has 0 saturated carbocycles. The number of halogens is 1. The molecule has 12 heavy (non-hydrogen) atoms. The molecule has 1 fully saturated rings. The van der Waals surface area contributed by atoms with E-state index in [9.17, 15) is 0 Å². The van der Waals surface area contributed by atoms with E-state index in [2.05, 4.69) is 5.90 Å². The average Bonchev–Trinajstić information content (AvgIpc) is 2.10. The van der Waals surface area contributed by atoms with Crippen LogP contribution in [-0.4, -0.2) is 48.3 Å². The first-order chi connectivity index (χ1) is 4.93. The third kappa shape index (κ3) is 8.15. The van der Waals surface area contributed by atoms with Crippen LogP contribution in [0.1, 0.15) is 0 Å². The van der Waals surface area contributed by atoms with Gasteiger partial charge in [-0.05, 0) is 0 Å². The molecule has 1 aliphatic rings. The monoisotopic (exact) mass is 205 g/mol. The molecule has 78 valence electrons. The van der Waals surface area contributed by atoms with Gasteiger partial charge in [-0.25, -0.2) is 5.90 Å². The molecule has 6 N–H and O–H groups in total. The van der Waals surface area contributed by atoms with E-state index in [1.807, 2.05) is 0 Å². The maximum absolute atomic E-state index is 8.49. The largest absolute Gasteiger partial charge is 0.412 e. The molecule has 0 radical (unpaired) electrons. The summed E-state index contributed by atoms with van der Waals surface area (Å²) >= 11 is 0. The van der Waals surface area contributed by atoms with Gasteiger partial charge in [-0.1, -0.05) is 0 Å². The van der Waals surface area contributed by atoms with E-state index in [1.54, 1.807) is 0 Å². The quantitative estimate of drug-likeness (QED) is 0.443. The minimum atomic E-state index is -0.0799. The average molecular weight is 206 g/mol. The molecule has 1 heterocycles. The van der Waals surface area contributed by atoms with Gasteiger partial charge in [0.1, 0.15) is 6.10 Å². The van der Waals surface area contributed by atoms with Crippen molar-refractivity contribution < 1.29 is 25.3 Å². The lowest BCUT2D eigenvalue weighted by Gasteiger charge is -2.20. The molecule has 1 saturated heterocycles. The number of ether oxygens (including phenoxy) is 2. The Bertz CT molecular complexity index is 70.9. The van der Waals surface area contributed by atoms with Crippen molar-refractivity contribution >= 4 is 12.4 Å². The van der Waals surface area contributed by atoms with Gasteiger partial charge in [-0.15, -0.1) is 12.4 Å². The van der Waals surface area contributed by atoms with Crippen molar-refractivity contribution in [2.45, 2.75) is 6.10 Å². The highest BCUT2D eigenvalue weighted by Crippen LogP contribution is 1.97. The Hall–Kier alpha value is 0.0500. The Morgan fingerprint density at radius 1 is 1.33 bits per heavy atom. The highest BCUT2D eigenvalue weighted by molar-refractivity contribution is 5.85. The Morgan fingerprint density at radius 2 is 1.92 bits per heavy atom. The minimum Gasteiger partial charge on any atom is -0.412 e. The molecule has 0 amide bonds. The Kier molecular flexibility index (Phi) is 20.4. The van der Waals surface area contributed by atoms with Crippen LogP contribution in [0.3, 0.4) is 0 Å². The van der Waals surface area contributed by atoms with Gasteiger partial charge in [-0.3, -0.25) is 0 Å². The first kappa shape index (κ1) is 18.0. The Balaban J connectivity index is -0.000000189. The van der Waals surface area contributed by atoms with Gasteiger partial charge in [0.2, 0.25) is 0 Å². The van der Waals surface area contributed by atoms with E-state index in [-0.39, 0.29) is 30.6 Å². The molecule has 0 aromatic heterocycles. The van der Waals surface area contributed by atoms with Crippen molar-refractivity contribution in [3.63, 3.8) is 0 Å². The number of hydrogen-bond acceptors (Lipinski definition) is 5. The highest BCUT2D eigenvalue weighted by Gasteiger charge is 2.11. The summed E-state index contributed by atoms with van der Waals surface area (Å²) < 4.78 is 10.0. The van der Waals surface area contributed by atoms with Crippen LogP contribution in [0, 0.1) is 0 Å². The SMILES string of the molecule is Cl.NO.O.OCC1COCCO1. The summed E-state index contributed by atoms with van der Waals surface area (Å²) in [6.45, 7) is 1.89. The standard InChI is InChI=1S/C5H10O3.ClH.H3NO.H2O/c6-3-5-4-7-1-2-8-5;;1-2;/h5-6H,1-4H2;1H;2H,1H2;1H2. The summed E-state index contributed by atoms with van der Waals surface area (Å²) in [6.07, 6.45) is -0.0799. The topological polar surface area (TPSA) is 116 Å². The maximum atomic E-state index is 8.49. The van der Waals surface area contributed by atoms with Crippen LogP contribution in [0.25, 0.3) is 0 Å². The van der Waals surface area contributed by atoms with Crippen LogP contribution >= 0.6 is 12.4 Å². The molecule has 7 heteroatoms. The molecule has 0 aromatic rings. The van der Waals surface area contributed by atoms with E-state index in [4.69, 9.17) is 19.8 Å². The predicted octanol–water partition coefficient (Wildman–Crippen LogP) is -1.67. The fourth-order valence-electron chi connectivity index (χ4n) is 0.642. The number of nitrogens with two attached hydrogens (primary N) is 1. The lowest BCUT2D eigenvalue weighted by molar-refractivity contribution is -0.105. The smallest absolute Gasteiger partial charge is 0.104 e. The fourth-order valence-corrected chi connectivity index (χ4v) is 0.642. The number of hydrogen-bond donors (Lipinski definition) is 3. The van der Waals surface area contributed by atoms with Crippen molar-refractivity contribution in [1.29, 1.82) is 0 Å². The zero-order valence-electron chi connectivity index (χ0n) is 6.60. The fraction of sp³-hybridized carbons (Fsp3) is 1.00. The normalized spacial score (nSPS) is 20.8. The molecule has 0 bridgehead atoms. The van der Waals surface area contributed by atoms with Gasteiger partial charge < -0.3 is 25.3 Å². The van der Waals surface area contributed by atoms with Crippen molar-refractivity contribution in [2.75, 3.05) is 26.4 Å². The van der Waals surface area contributed by atoms with E-state index in [0.29, 0.717) is 19.8 Å². The molecule has 1 atom stereocenters.